The molecule has 2 N–H and O–H groups in total. The topological polar surface area (TPSA) is 38.9 Å². The van der Waals surface area contributed by atoms with E-state index in [-0.39, 0.29) is 11.3 Å². The molecule has 2 nitrogen and oxygen atoms in total. The fourth-order valence-electron chi connectivity index (χ4n) is 2.60. The lowest BCUT2D eigenvalue weighted by molar-refractivity contribution is 0.588. The van der Waals surface area contributed by atoms with E-state index >= 15 is 0 Å². The molecule has 0 aliphatic heterocycles. The standard InChI is InChI=1S/C14H14F2N2S/c15-9-6-3-7-10(16)11(9)12-13(17)19-14(18-12)8-4-1-2-5-8/h3,6-8H,1-2,4-5,17H2. The van der Waals surface area contributed by atoms with Gasteiger partial charge in [-0.05, 0) is 25.0 Å². The summed E-state index contributed by atoms with van der Waals surface area (Å²) in [6.45, 7) is 0. The van der Waals surface area contributed by atoms with Gasteiger partial charge in [0.25, 0.3) is 0 Å². The van der Waals surface area contributed by atoms with Crippen molar-refractivity contribution in [2.45, 2.75) is 31.6 Å². The summed E-state index contributed by atoms with van der Waals surface area (Å²) in [6.07, 6.45) is 4.55. The molecule has 1 aromatic carbocycles. The van der Waals surface area contributed by atoms with Crippen molar-refractivity contribution in [1.29, 1.82) is 0 Å². The minimum absolute atomic E-state index is 0.111. The Morgan fingerprint density at radius 3 is 2.42 bits per heavy atom. The summed E-state index contributed by atoms with van der Waals surface area (Å²) in [6, 6.07) is 3.80. The number of hydrogen-bond donors (Lipinski definition) is 1. The second-order valence-corrected chi connectivity index (χ2v) is 5.91. The molecule has 2 aromatic rings. The maximum Gasteiger partial charge on any atom is 0.135 e. The van der Waals surface area contributed by atoms with Crippen molar-refractivity contribution in [3.05, 3.63) is 34.8 Å². The third-order valence-corrected chi connectivity index (χ3v) is 4.62. The molecule has 1 aromatic heterocycles. The second kappa shape index (κ2) is 4.89. The Bertz CT molecular complexity index is 583. The highest BCUT2D eigenvalue weighted by Crippen LogP contribution is 2.41. The Balaban J connectivity index is 2.05. The Morgan fingerprint density at radius 1 is 1.16 bits per heavy atom. The molecule has 3 rings (SSSR count). The first-order valence-electron chi connectivity index (χ1n) is 6.37. The van der Waals surface area contributed by atoms with Gasteiger partial charge in [-0.1, -0.05) is 18.9 Å². The number of rotatable bonds is 2. The van der Waals surface area contributed by atoms with Gasteiger partial charge in [-0.2, -0.15) is 0 Å². The van der Waals surface area contributed by atoms with Crippen molar-refractivity contribution in [2.75, 3.05) is 5.73 Å². The van der Waals surface area contributed by atoms with E-state index in [1.165, 1.54) is 42.4 Å². The maximum absolute atomic E-state index is 13.8. The zero-order chi connectivity index (χ0) is 13.4. The molecule has 19 heavy (non-hydrogen) atoms. The molecule has 5 heteroatoms. The van der Waals surface area contributed by atoms with Crippen molar-refractivity contribution in [3.8, 4) is 11.3 Å². The molecule has 1 heterocycles. The summed E-state index contributed by atoms with van der Waals surface area (Å²) >= 11 is 1.36. The van der Waals surface area contributed by atoms with E-state index in [1.54, 1.807) is 0 Å². The molecular formula is C14H14F2N2S. The molecule has 1 aliphatic rings. The monoisotopic (exact) mass is 280 g/mol. The van der Waals surface area contributed by atoms with E-state index in [4.69, 9.17) is 5.73 Å². The van der Waals surface area contributed by atoms with Crippen molar-refractivity contribution in [3.63, 3.8) is 0 Å². The van der Waals surface area contributed by atoms with Gasteiger partial charge in [-0.15, -0.1) is 11.3 Å². The zero-order valence-electron chi connectivity index (χ0n) is 10.3. The highest BCUT2D eigenvalue weighted by molar-refractivity contribution is 7.16. The minimum Gasteiger partial charge on any atom is -0.389 e. The fourth-order valence-corrected chi connectivity index (χ4v) is 3.61. The summed E-state index contributed by atoms with van der Waals surface area (Å²) in [4.78, 5) is 4.40. The SMILES string of the molecule is Nc1sc(C2CCCC2)nc1-c1c(F)cccc1F. The number of thiazole rings is 1. The number of halogens is 2. The van der Waals surface area contributed by atoms with Crippen LogP contribution >= 0.6 is 11.3 Å². The van der Waals surface area contributed by atoms with Crippen molar-refractivity contribution < 1.29 is 8.78 Å². The molecule has 100 valence electrons. The van der Waals surface area contributed by atoms with Crippen LogP contribution in [0.15, 0.2) is 18.2 Å². The van der Waals surface area contributed by atoms with Gasteiger partial charge < -0.3 is 5.73 Å². The van der Waals surface area contributed by atoms with Gasteiger partial charge in [-0.3, -0.25) is 0 Å². The van der Waals surface area contributed by atoms with Gasteiger partial charge in [0, 0.05) is 5.92 Å². The van der Waals surface area contributed by atoms with E-state index in [1.807, 2.05) is 0 Å². The summed E-state index contributed by atoms with van der Waals surface area (Å²) in [5, 5.41) is 1.30. The Hall–Kier alpha value is -1.49. The molecule has 0 spiro atoms. The smallest absolute Gasteiger partial charge is 0.135 e. The van der Waals surface area contributed by atoms with E-state index in [0.29, 0.717) is 10.9 Å². The average Bonchev–Trinajstić information content (AvgIpc) is 2.99. The Kier molecular flexibility index (Phi) is 3.22. The molecule has 1 aliphatic carbocycles. The van der Waals surface area contributed by atoms with Crippen LogP contribution in [0.3, 0.4) is 0 Å². The molecule has 0 amide bonds. The van der Waals surface area contributed by atoms with E-state index in [0.717, 1.165) is 17.8 Å². The second-order valence-electron chi connectivity index (χ2n) is 4.84. The number of nitrogen functional groups attached to an aromatic ring is 1. The molecule has 0 saturated heterocycles. The molecule has 0 atom stereocenters. The zero-order valence-corrected chi connectivity index (χ0v) is 11.1. The van der Waals surface area contributed by atoms with Crippen LogP contribution in [0.2, 0.25) is 0 Å². The van der Waals surface area contributed by atoms with E-state index < -0.39 is 11.6 Å². The third-order valence-electron chi connectivity index (χ3n) is 3.57. The molecule has 0 bridgehead atoms. The van der Waals surface area contributed by atoms with Gasteiger partial charge in [0.2, 0.25) is 0 Å². The van der Waals surface area contributed by atoms with Crippen molar-refractivity contribution >= 4 is 16.3 Å². The molecule has 0 radical (unpaired) electrons. The van der Waals surface area contributed by atoms with E-state index in [2.05, 4.69) is 4.98 Å². The molecular weight excluding hydrogens is 266 g/mol. The van der Waals surface area contributed by atoms with Crippen LogP contribution < -0.4 is 5.73 Å². The number of aromatic nitrogens is 1. The largest absolute Gasteiger partial charge is 0.389 e. The number of nitrogens with zero attached hydrogens (tertiary/aromatic N) is 1. The highest BCUT2D eigenvalue weighted by Gasteiger charge is 2.24. The van der Waals surface area contributed by atoms with Gasteiger partial charge in [0.1, 0.15) is 22.3 Å². The minimum atomic E-state index is -0.616. The van der Waals surface area contributed by atoms with Crippen molar-refractivity contribution in [2.24, 2.45) is 0 Å². The lowest BCUT2D eigenvalue weighted by atomic mass is 10.1. The predicted molar refractivity (Wildman–Crippen MR) is 73.1 cm³/mol. The summed E-state index contributed by atoms with van der Waals surface area (Å²) in [5.41, 5.74) is 6.04. The predicted octanol–water partition coefficient (Wildman–Crippen LogP) is 4.33. The van der Waals surface area contributed by atoms with Crippen LogP contribution in [0.5, 0.6) is 0 Å². The molecule has 1 fully saturated rings. The number of nitrogens with two attached hydrogens (primary N) is 1. The fraction of sp³-hybridized carbons (Fsp3) is 0.357. The average molecular weight is 280 g/mol. The number of benzene rings is 1. The molecule has 1 saturated carbocycles. The normalized spacial score (nSPS) is 16.1. The van der Waals surface area contributed by atoms with Crippen LogP contribution in [0.1, 0.15) is 36.6 Å². The van der Waals surface area contributed by atoms with Crippen LogP contribution in [0, 0.1) is 11.6 Å². The van der Waals surface area contributed by atoms with Crippen LogP contribution in [0.4, 0.5) is 13.8 Å². The lowest BCUT2D eigenvalue weighted by Crippen LogP contribution is -1.95. The summed E-state index contributed by atoms with van der Waals surface area (Å²) in [7, 11) is 0. The first kappa shape index (κ1) is 12.5. The van der Waals surface area contributed by atoms with Crippen LogP contribution in [-0.2, 0) is 0 Å². The van der Waals surface area contributed by atoms with Gasteiger partial charge in [0.15, 0.2) is 0 Å². The number of hydrogen-bond acceptors (Lipinski definition) is 3. The quantitative estimate of drug-likeness (QED) is 0.889. The molecule has 0 unspecified atom stereocenters. The van der Waals surface area contributed by atoms with Crippen LogP contribution in [0.25, 0.3) is 11.3 Å². The van der Waals surface area contributed by atoms with Crippen LogP contribution in [-0.4, -0.2) is 4.98 Å². The first-order valence-corrected chi connectivity index (χ1v) is 7.19. The highest BCUT2D eigenvalue weighted by atomic mass is 32.1. The summed E-state index contributed by atoms with van der Waals surface area (Å²) in [5.74, 6) is -0.833. The maximum atomic E-state index is 13.8. The first-order chi connectivity index (χ1) is 9.16. The van der Waals surface area contributed by atoms with Gasteiger partial charge in [-0.25, -0.2) is 13.8 Å². The van der Waals surface area contributed by atoms with E-state index in [9.17, 15) is 8.78 Å². The van der Waals surface area contributed by atoms with Gasteiger partial charge >= 0.3 is 0 Å². The van der Waals surface area contributed by atoms with Crippen molar-refractivity contribution in [1.82, 2.24) is 4.98 Å². The Labute approximate surface area is 114 Å². The third kappa shape index (κ3) is 2.23. The summed E-state index contributed by atoms with van der Waals surface area (Å²) < 4.78 is 27.5. The lowest BCUT2D eigenvalue weighted by Gasteiger charge is -2.04. The van der Waals surface area contributed by atoms with Gasteiger partial charge in [0.05, 0.1) is 10.6 Å². The number of anilines is 1. The Morgan fingerprint density at radius 2 is 1.79 bits per heavy atom.